The number of anilines is 1. The summed E-state index contributed by atoms with van der Waals surface area (Å²) in [4.78, 5) is 33.1. The number of hydrogen-bond acceptors (Lipinski definition) is 7. The highest BCUT2D eigenvalue weighted by atomic mass is 35.5. The zero-order chi connectivity index (χ0) is 28.8. The molecule has 1 N–H and O–H groups in total. The van der Waals surface area contributed by atoms with Crippen molar-refractivity contribution in [3.05, 3.63) is 77.0 Å². The van der Waals surface area contributed by atoms with Crippen LogP contribution in [0.3, 0.4) is 0 Å². The molecular weight excluding hydrogens is 551 g/mol. The predicted molar refractivity (Wildman–Crippen MR) is 140 cm³/mol. The standard InChI is InChI=1S/C26H19ClF3N7O3/c1-13(38)21-10-19(35-36(21)2)22-18(27)9-14(11-32-22)34-24(39)17-12-33-37(23(17)26(28,29)30)20-6-4-5-16-15(20)7-8-31-25(16)40-3/h4-12H,1-3H3,(H,34,39). The highest BCUT2D eigenvalue weighted by Gasteiger charge is 2.41. The van der Waals surface area contributed by atoms with Crippen molar-refractivity contribution < 1.29 is 27.5 Å². The number of methoxy groups -OCH3 is 1. The smallest absolute Gasteiger partial charge is 0.434 e. The van der Waals surface area contributed by atoms with Gasteiger partial charge in [0.1, 0.15) is 17.1 Å². The number of alkyl halides is 3. The number of hydrogen-bond donors (Lipinski definition) is 1. The van der Waals surface area contributed by atoms with E-state index in [0.717, 1.165) is 6.20 Å². The van der Waals surface area contributed by atoms with Crippen LogP contribution in [-0.2, 0) is 13.2 Å². The topological polar surface area (TPSA) is 117 Å². The first kappa shape index (κ1) is 26.8. The molecule has 0 bridgehead atoms. The molecule has 5 rings (SSSR count). The van der Waals surface area contributed by atoms with Gasteiger partial charge in [-0.05, 0) is 30.3 Å². The highest BCUT2D eigenvalue weighted by molar-refractivity contribution is 6.33. The average molecular weight is 570 g/mol. The largest absolute Gasteiger partial charge is 0.481 e. The fourth-order valence-electron chi connectivity index (χ4n) is 4.29. The summed E-state index contributed by atoms with van der Waals surface area (Å²) in [6, 6.07) is 9.01. The number of benzene rings is 1. The number of nitrogens with one attached hydrogen (secondary N) is 1. The van der Waals surface area contributed by atoms with Gasteiger partial charge in [0.05, 0.1) is 41.5 Å². The number of rotatable bonds is 6. The molecule has 0 saturated carbocycles. The molecule has 4 heterocycles. The third-order valence-electron chi connectivity index (χ3n) is 6.03. The summed E-state index contributed by atoms with van der Waals surface area (Å²) in [6.45, 7) is 1.39. The fraction of sp³-hybridized carbons (Fsp3) is 0.154. The summed E-state index contributed by atoms with van der Waals surface area (Å²) in [5, 5.41) is 11.5. The van der Waals surface area contributed by atoms with E-state index >= 15 is 0 Å². The molecule has 5 aromatic rings. The van der Waals surface area contributed by atoms with Crippen LogP contribution >= 0.6 is 11.6 Å². The lowest BCUT2D eigenvalue weighted by Crippen LogP contribution is -2.21. The molecule has 1 aromatic carbocycles. The number of ether oxygens (including phenoxy) is 1. The second-order valence-electron chi connectivity index (χ2n) is 8.61. The van der Waals surface area contributed by atoms with E-state index in [0.29, 0.717) is 26.8 Å². The van der Waals surface area contributed by atoms with Gasteiger partial charge in [-0.3, -0.25) is 19.3 Å². The Labute approximate surface area is 229 Å². The van der Waals surface area contributed by atoms with Crippen LogP contribution < -0.4 is 10.1 Å². The van der Waals surface area contributed by atoms with Crippen LogP contribution in [0.15, 0.2) is 55.0 Å². The SMILES string of the molecule is COc1nccc2c(-n3ncc(C(=O)Nc4cnc(-c5cc(C(C)=O)n(C)n5)c(Cl)c4)c3C(F)(F)F)cccc12. The number of carbonyl (C=O) groups is 2. The number of Topliss-reactive ketones (excluding diaryl/α,β-unsaturated/α-hetero) is 1. The number of nitrogens with zero attached hydrogens (tertiary/aromatic N) is 6. The molecule has 0 fully saturated rings. The second-order valence-corrected chi connectivity index (χ2v) is 9.02. The lowest BCUT2D eigenvalue weighted by atomic mass is 10.1. The minimum absolute atomic E-state index is 0.0447. The minimum atomic E-state index is -4.93. The molecule has 14 heteroatoms. The molecule has 0 aliphatic rings. The number of ketones is 1. The third-order valence-corrected chi connectivity index (χ3v) is 6.32. The molecule has 1 amide bonds. The maximum absolute atomic E-state index is 14.3. The van der Waals surface area contributed by atoms with Gasteiger partial charge in [-0.2, -0.15) is 23.4 Å². The third kappa shape index (κ3) is 4.75. The molecule has 0 unspecified atom stereocenters. The highest BCUT2D eigenvalue weighted by Crippen LogP contribution is 2.37. The second kappa shape index (κ2) is 10.1. The number of amides is 1. The molecule has 0 radical (unpaired) electrons. The van der Waals surface area contributed by atoms with Crippen LogP contribution in [0.5, 0.6) is 5.88 Å². The minimum Gasteiger partial charge on any atom is -0.481 e. The van der Waals surface area contributed by atoms with E-state index in [2.05, 4.69) is 25.5 Å². The predicted octanol–water partition coefficient (Wildman–Crippen LogP) is 5.35. The van der Waals surface area contributed by atoms with Gasteiger partial charge in [0.25, 0.3) is 5.91 Å². The molecule has 204 valence electrons. The number of halogens is 4. The van der Waals surface area contributed by atoms with Gasteiger partial charge in [-0.25, -0.2) is 9.67 Å². The summed E-state index contributed by atoms with van der Waals surface area (Å²) < 4.78 is 50.2. The van der Waals surface area contributed by atoms with E-state index in [1.165, 1.54) is 55.4 Å². The molecule has 40 heavy (non-hydrogen) atoms. The van der Waals surface area contributed by atoms with Crippen LogP contribution in [0.25, 0.3) is 27.8 Å². The Bertz CT molecular complexity index is 1800. The Hall–Kier alpha value is -4.78. The van der Waals surface area contributed by atoms with E-state index in [4.69, 9.17) is 16.3 Å². The first-order valence-corrected chi connectivity index (χ1v) is 12.0. The molecule has 10 nitrogen and oxygen atoms in total. The summed E-state index contributed by atoms with van der Waals surface area (Å²) >= 11 is 6.34. The summed E-state index contributed by atoms with van der Waals surface area (Å²) in [5.41, 5.74) is -0.966. The first-order chi connectivity index (χ1) is 19.0. The number of pyridine rings is 2. The van der Waals surface area contributed by atoms with E-state index in [1.54, 1.807) is 19.2 Å². The average Bonchev–Trinajstić information content (AvgIpc) is 3.52. The van der Waals surface area contributed by atoms with Crippen LogP contribution in [-0.4, -0.2) is 48.3 Å². The van der Waals surface area contributed by atoms with Crippen molar-refractivity contribution in [3.8, 4) is 23.0 Å². The zero-order valence-corrected chi connectivity index (χ0v) is 21.9. The normalized spacial score (nSPS) is 11.6. The lowest BCUT2D eigenvalue weighted by Gasteiger charge is -2.15. The van der Waals surface area contributed by atoms with E-state index < -0.39 is 23.3 Å². The molecular formula is C26H19ClF3N7O3. The van der Waals surface area contributed by atoms with Gasteiger partial charge in [-0.15, -0.1) is 0 Å². The van der Waals surface area contributed by atoms with Gasteiger partial charge in [0, 0.05) is 30.9 Å². The van der Waals surface area contributed by atoms with Crippen LogP contribution in [0, 0.1) is 0 Å². The van der Waals surface area contributed by atoms with Crippen LogP contribution in [0.4, 0.5) is 18.9 Å². The maximum atomic E-state index is 14.3. The van der Waals surface area contributed by atoms with Crippen molar-refractivity contribution >= 4 is 39.8 Å². The Balaban J connectivity index is 1.50. The summed E-state index contributed by atoms with van der Waals surface area (Å²) in [6.07, 6.45) is -1.46. The number of aryl methyl sites for hydroxylation is 1. The van der Waals surface area contributed by atoms with Crippen molar-refractivity contribution in [1.82, 2.24) is 29.5 Å². The number of fused-ring (bicyclic) bond motifs is 1. The first-order valence-electron chi connectivity index (χ1n) is 11.6. The summed E-state index contributed by atoms with van der Waals surface area (Å²) in [5.74, 6) is -1.05. The monoisotopic (exact) mass is 569 g/mol. The fourth-order valence-corrected chi connectivity index (χ4v) is 4.55. The Morgan fingerprint density at radius 3 is 2.50 bits per heavy atom. The number of carbonyl (C=O) groups excluding carboxylic acids is 2. The molecule has 4 aromatic heterocycles. The van der Waals surface area contributed by atoms with Crippen molar-refractivity contribution in [2.75, 3.05) is 12.4 Å². The van der Waals surface area contributed by atoms with Crippen molar-refractivity contribution in [1.29, 1.82) is 0 Å². The molecule has 0 spiro atoms. The maximum Gasteiger partial charge on any atom is 0.434 e. The van der Waals surface area contributed by atoms with Crippen molar-refractivity contribution in [2.45, 2.75) is 13.1 Å². The van der Waals surface area contributed by atoms with Gasteiger partial charge in [0.15, 0.2) is 11.5 Å². The molecule has 0 saturated heterocycles. The molecule has 0 atom stereocenters. The Kier molecular flexibility index (Phi) is 6.75. The van der Waals surface area contributed by atoms with Crippen LogP contribution in [0.2, 0.25) is 5.02 Å². The lowest BCUT2D eigenvalue weighted by molar-refractivity contribution is -0.143. The van der Waals surface area contributed by atoms with Gasteiger partial charge < -0.3 is 10.1 Å². The summed E-state index contributed by atoms with van der Waals surface area (Å²) in [7, 11) is 2.99. The van der Waals surface area contributed by atoms with Gasteiger partial charge >= 0.3 is 6.18 Å². The molecule has 0 aliphatic heterocycles. The Morgan fingerprint density at radius 2 is 1.85 bits per heavy atom. The van der Waals surface area contributed by atoms with Gasteiger partial charge in [-0.1, -0.05) is 17.7 Å². The quantitative estimate of drug-likeness (QED) is 0.274. The Morgan fingerprint density at radius 1 is 1.07 bits per heavy atom. The van der Waals surface area contributed by atoms with E-state index in [1.807, 2.05) is 0 Å². The van der Waals surface area contributed by atoms with Crippen molar-refractivity contribution in [3.63, 3.8) is 0 Å². The number of aromatic nitrogens is 6. The van der Waals surface area contributed by atoms with Gasteiger partial charge in [0.2, 0.25) is 5.88 Å². The zero-order valence-electron chi connectivity index (χ0n) is 21.1. The van der Waals surface area contributed by atoms with Crippen molar-refractivity contribution in [2.24, 2.45) is 7.05 Å². The van der Waals surface area contributed by atoms with E-state index in [-0.39, 0.29) is 33.8 Å². The molecule has 0 aliphatic carbocycles. The van der Waals surface area contributed by atoms with E-state index in [9.17, 15) is 22.8 Å². The van der Waals surface area contributed by atoms with Crippen LogP contribution in [0.1, 0.15) is 33.5 Å².